The molecule has 18 heavy (non-hydrogen) atoms. The van der Waals surface area contributed by atoms with E-state index in [1.807, 2.05) is 24.3 Å². The number of aliphatic hydroxyl groups is 1. The summed E-state index contributed by atoms with van der Waals surface area (Å²) in [5, 5.41) is 9.55. The molecule has 0 atom stereocenters. The lowest BCUT2D eigenvalue weighted by atomic mass is 10.3. The van der Waals surface area contributed by atoms with Crippen LogP contribution in [0.25, 0.3) is 0 Å². The summed E-state index contributed by atoms with van der Waals surface area (Å²) in [5.41, 5.74) is 0. The van der Waals surface area contributed by atoms with Gasteiger partial charge in [0.2, 0.25) is 0 Å². The molecular formula is C14H22ClNO2. The van der Waals surface area contributed by atoms with Crippen molar-refractivity contribution < 1.29 is 9.84 Å². The first-order valence-electron chi connectivity index (χ1n) is 6.36. The van der Waals surface area contributed by atoms with Gasteiger partial charge >= 0.3 is 0 Å². The van der Waals surface area contributed by atoms with Gasteiger partial charge in [-0.2, -0.15) is 0 Å². The Balaban J connectivity index is 2.34. The van der Waals surface area contributed by atoms with E-state index < -0.39 is 0 Å². The Labute approximate surface area is 114 Å². The van der Waals surface area contributed by atoms with Crippen molar-refractivity contribution >= 4 is 11.6 Å². The maximum Gasteiger partial charge on any atom is 0.120 e. The third kappa shape index (κ3) is 5.71. The van der Waals surface area contributed by atoms with Gasteiger partial charge in [0.15, 0.2) is 0 Å². The molecular weight excluding hydrogens is 250 g/mol. The fourth-order valence-corrected chi connectivity index (χ4v) is 1.92. The van der Waals surface area contributed by atoms with Crippen LogP contribution in [0.3, 0.4) is 0 Å². The van der Waals surface area contributed by atoms with Gasteiger partial charge in [-0.1, -0.05) is 17.7 Å². The van der Waals surface area contributed by atoms with Crippen molar-refractivity contribution in [2.24, 2.45) is 0 Å². The second-order valence-corrected chi connectivity index (χ2v) is 4.95. The Morgan fingerprint density at radius 2 is 2.11 bits per heavy atom. The van der Waals surface area contributed by atoms with Gasteiger partial charge in [-0.05, 0) is 38.5 Å². The van der Waals surface area contributed by atoms with E-state index in [1.165, 1.54) is 0 Å². The second kappa shape index (κ2) is 8.35. The van der Waals surface area contributed by atoms with Crippen LogP contribution in [0.4, 0.5) is 0 Å². The standard InChI is InChI=1S/C14H22ClNO2/c1-12(2)16(7-4-9-17)8-10-18-14-6-3-5-13(15)11-14/h3,5-6,11-12,17H,4,7-10H2,1-2H3. The smallest absolute Gasteiger partial charge is 0.120 e. The Morgan fingerprint density at radius 3 is 2.72 bits per heavy atom. The van der Waals surface area contributed by atoms with Crippen LogP contribution < -0.4 is 4.74 Å². The molecule has 3 nitrogen and oxygen atoms in total. The molecule has 102 valence electrons. The van der Waals surface area contributed by atoms with Crippen LogP contribution in [0.1, 0.15) is 20.3 Å². The van der Waals surface area contributed by atoms with Crippen LogP contribution >= 0.6 is 11.6 Å². The quantitative estimate of drug-likeness (QED) is 0.789. The molecule has 0 saturated heterocycles. The molecule has 0 aliphatic heterocycles. The van der Waals surface area contributed by atoms with Crippen LogP contribution in [0.5, 0.6) is 5.75 Å². The van der Waals surface area contributed by atoms with E-state index in [0.717, 1.165) is 25.3 Å². The maximum atomic E-state index is 8.86. The highest BCUT2D eigenvalue weighted by Gasteiger charge is 2.08. The first kappa shape index (κ1) is 15.3. The molecule has 0 fully saturated rings. The summed E-state index contributed by atoms with van der Waals surface area (Å²) in [6.07, 6.45) is 0.801. The highest BCUT2D eigenvalue weighted by molar-refractivity contribution is 6.30. The van der Waals surface area contributed by atoms with Crippen LogP contribution in [0.15, 0.2) is 24.3 Å². The number of nitrogens with zero attached hydrogens (tertiary/aromatic N) is 1. The lowest BCUT2D eigenvalue weighted by molar-refractivity contribution is 0.160. The minimum absolute atomic E-state index is 0.234. The molecule has 0 bridgehead atoms. The Morgan fingerprint density at radius 1 is 1.33 bits per heavy atom. The van der Waals surface area contributed by atoms with E-state index in [4.69, 9.17) is 21.4 Å². The van der Waals surface area contributed by atoms with Crippen LogP contribution in [0.2, 0.25) is 5.02 Å². The molecule has 1 N–H and O–H groups in total. The zero-order valence-corrected chi connectivity index (χ0v) is 11.9. The van der Waals surface area contributed by atoms with Gasteiger partial charge in [0, 0.05) is 30.8 Å². The monoisotopic (exact) mass is 271 g/mol. The number of halogens is 1. The van der Waals surface area contributed by atoms with E-state index in [-0.39, 0.29) is 6.61 Å². The van der Waals surface area contributed by atoms with Crippen molar-refractivity contribution in [2.75, 3.05) is 26.3 Å². The molecule has 0 heterocycles. The molecule has 0 unspecified atom stereocenters. The van der Waals surface area contributed by atoms with Gasteiger partial charge in [-0.3, -0.25) is 4.90 Å². The summed E-state index contributed by atoms with van der Waals surface area (Å²) < 4.78 is 5.66. The fraction of sp³-hybridized carbons (Fsp3) is 0.571. The summed E-state index contributed by atoms with van der Waals surface area (Å²) in [6.45, 7) is 6.91. The Bertz CT molecular complexity index is 344. The maximum absolute atomic E-state index is 8.86. The lowest BCUT2D eigenvalue weighted by Crippen LogP contribution is -2.35. The van der Waals surface area contributed by atoms with E-state index in [0.29, 0.717) is 17.7 Å². The minimum atomic E-state index is 0.234. The van der Waals surface area contributed by atoms with Gasteiger partial charge in [0.1, 0.15) is 12.4 Å². The lowest BCUT2D eigenvalue weighted by Gasteiger charge is -2.26. The molecule has 0 radical (unpaired) electrons. The van der Waals surface area contributed by atoms with Crippen LogP contribution in [-0.4, -0.2) is 42.4 Å². The highest BCUT2D eigenvalue weighted by Crippen LogP contribution is 2.17. The third-order valence-electron chi connectivity index (χ3n) is 2.78. The highest BCUT2D eigenvalue weighted by atomic mass is 35.5. The molecule has 1 rings (SSSR count). The SMILES string of the molecule is CC(C)N(CCCO)CCOc1cccc(Cl)c1. The average Bonchev–Trinajstić information content (AvgIpc) is 2.33. The molecule has 4 heteroatoms. The number of benzene rings is 1. The predicted octanol–water partition coefficient (Wildman–Crippen LogP) is 2.81. The summed E-state index contributed by atoms with van der Waals surface area (Å²) in [6, 6.07) is 7.88. The summed E-state index contributed by atoms with van der Waals surface area (Å²) in [5.74, 6) is 0.799. The van der Waals surface area contributed by atoms with Gasteiger partial charge in [0.25, 0.3) is 0 Å². The van der Waals surface area contributed by atoms with E-state index in [2.05, 4.69) is 18.7 Å². The van der Waals surface area contributed by atoms with Crippen molar-refractivity contribution in [1.82, 2.24) is 4.90 Å². The zero-order valence-electron chi connectivity index (χ0n) is 11.1. The number of hydrogen-bond acceptors (Lipinski definition) is 3. The zero-order chi connectivity index (χ0) is 13.4. The van der Waals surface area contributed by atoms with E-state index >= 15 is 0 Å². The van der Waals surface area contributed by atoms with Crippen LogP contribution in [-0.2, 0) is 0 Å². The van der Waals surface area contributed by atoms with Crippen molar-refractivity contribution in [3.8, 4) is 5.75 Å². The van der Waals surface area contributed by atoms with Crippen molar-refractivity contribution in [3.63, 3.8) is 0 Å². The van der Waals surface area contributed by atoms with Gasteiger partial charge in [-0.15, -0.1) is 0 Å². The molecule has 0 aromatic heterocycles. The number of hydrogen-bond donors (Lipinski definition) is 1. The largest absolute Gasteiger partial charge is 0.492 e. The normalized spacial score (nSPS) is 11.2. The molecule has 0 aliphatic carbocycles. The van der Waals surface area contributed by atoms with Crippen molar-refractivity contribution in [1.29, 1.82) is 0 Å². The van der Waals surface area contributed by atoms with Gasteiger partial charge in [0.05, 0.1) is 0 Å². The number of ether oxygens (including phenoxy) is 1. The number of aliphatic hydroxyl groups excluding tert-OH is 1. The first-order valence-corrected chi connectivity index (χ1v) is 6.74. The molecule has 0 spiro atoms. The summed E-state index contributed by atoms with van der Waals surface area (Å²) in [4.78, 5) is 2.29. The predicted molar refractivity (Wildman–Crippen MR) is 75.4 cm³/mol. The third-order valence-corrected chi connectivity index (χ3v) is 3.01. The molecule has 1 aromatic carbocycles. The first-order chi connectivity index (χ1) is 8.63. The molecule has 1 aromatic rings. The van der Waals surface area contributed by atoms with E-state index in [1.54, 1.807) is 0 Å². The molecule has 0 saturated carbocycles. The second-order valence-electron chi connectivity index (χ2n) is 4.51. The van der Waals surface area contributed by atoms with Gasteiger partial charge in [-0.25, -0.2) is 0 Å². The minimum Gasteiger partial charge on any atom is -0.492 e. The Hall–Kier alpha value is -0.770. The molecule has 0 amide bonds. The van der Waals surface area contributed by atoms with Crippen molar-refractivity contribution in [3.05, 3.63) is 29.3 Å². The fourth-order valence-electron chi connectivity index (χ4n) is 1.74. The molecule has 0 aliphatic rings. The number of rotatable bonds is 8. The van der Waals surface area contributed by atoms with Gasteiger partial charge < -0.3 is 9.84 Å². The van der Waals surface area contributed by atoms with Crippen LogP contribution in [0, 0.1) is 0 Å². The summed E-state index contributed by atoms with van der Waals surface area (Å²) in [7, 11) is 0. The topological polar surface area (TPSA) is 32.7 Å². The van der Waals surface area contributed by atoms with Crippen molar-refractivity contribution in [2.45, 2.75) is 26.3 Å². The van der Waals surface area contributed by atoms with E-state index in [9.17, 15) is 0 Å². The average molecular weight is 272 g/mol. The Kier molecular flexibility index (Phi) is 7.09. The summed E-state index contributed by atoms with van der Waals surface area (Å²) >= 11 is 5.89.